The van der Waals surface area contributed by atoms with E-state index in [0.717, 1.165) is 34.1 Å². The number of hydrogen-bond donors (Lipinski definition) is 1. The Morgan fingerprint density at radius 2 is 1.07 bits per heavy atom. The number of fused-ring (bicyclic) bond motifs is 2. The van der Waals surface area contributed by atoms with E-state index in [-0.39, 0.29) is 36.7 Å². The van der Waals surface area contributed by atoms with Crippen LogP contribution >= 0.6 is 62.3 Å². The molecule has 0 radical (unpaired) electrons. The molecule has 2 N–H and O–H groups in total. The number of benzene rings is 4. The zero-order valence-corrected chi connectivity index (χ0v) is 30.1. The van der Waals surface area contributed by atoms with Crippen molar-refractivity contribution in [1.29, 1.82) is 0 Å². The van der Waals surface area contributed by atoms with Crippen molar-refractivity contribution in [3.63, 3.8) is 0 Å². The number of anilines is 1. The molecule has 2 aliphatic rings. The molecule has 2 atom stereocenters. The number of nitrogen functional groups attached to an aromatic ring is 1. The highest BCUT2D eigenvalue weighted by atomic mass is 79.9. The minimum atomic E-state index is -0.00369. The third kappa shape index (κ3) is 7.37. The number of hydrogen-bond acceptors (Lipinski definition) is 3. The number of halogens is 5. The Hall–Kier alpha value is -2.74. The minimum absolute atomic E-state index is 0.00369. The first kappa shape index (κ1) is 34.6. The maximum absolute atomic E-state index is 12.8. The molecule has 240 valence electrons. The molecule has 0 spiro atoms. The summed E-state index contributed by atoms with van der Waals surface area (Å²) < 4.78 is 1.11. The SMILES string of the molecule is C[C@H]1c2cccc(Br)c2CCN1C(=O)Cc1c(Cl)cccc1Cl.C[C@H]1c2cccc(N)c2CCN1C(=O)Cc1c(Cl)cccc1Cl. The van der Waals surface area contributed by atoms with Crippen molar-refractivity contribution in [1.82, 2.24) is 9.80 Å². The van der Waals surface area contributed by atoms with E-state index in [9.17, 15) is 9.59 Å². The van der Waals surface area contributed by atoms with Gasteiger partial charge in [0.2, 0.25) is 11.8 Å². The van der Waals surface area contributed by atoms with E-state index in [1.807, 2.05) is 47.1 Å². The highest BCUT2D eigenvalue weighted by molar-refractivity contribution is 9.10. The van der Waals surface area contributed by atoms with Gasteiger partial charge in [0.05, 0.1) is 24.9 Å². The largest absolute Gasteiger partial charge is 0.398 e. The number of nitrogens with two attached hydrogens (primary N) is 1. The normalized spacial score (nSPS) is 17.0. The van der Waals surface area contributed by atoms with E-state index in [1.54, 1.807) is 36.4 Å². The van der Waals surface area contributed by atoms with Crippen LogP contribution in [0.5, 0.6) is 0 Å². The van der Waals surface area contributed by atoms with E-state index in [1.165, 1.54) is 11.1 Å². The summed E-state index contributed by atoms with van der Waals surface area (Å²) in [5.41, 5.74) is 13.0. The number of amides is 2. The fraction of sp³-hybridized carbons (Fsp3) is 0.278. The van der Waals surface area contributed by atoms with Crippen molar-refractivity contribution in [2.24, 2.45) is 0 Å². The fourth-order valence-corrected chi connectivity index (χ4v) is 7.95. The van der Waals surface area contributed by atoms with Gasteiger partial charge in [0.25, 0.3) is 0 Å². The molecule has 4 aromatic rings. The Bertz CT molecular complexity index is 1610. The molecule has 0 saturated carbocycles. The smallest absolute Gasteiger partial charge is 0.227 e. The maximum atomic E-state index is 12.8. The standard InChI is InChI=1S/C18H16BrCl2NO.C18H18Cl2N2O/c1-11-12-4-2-5-15(19)13(12)8-9-22(11)18(23)10-14-16(20)6-3-7-17(14)21;1-11-12-4-2-7-17(21)13(12)8-9-22(11)18(23)10-14-15(19)5-3-6-16(14)20/h2-7,11H,8-10H2,1H3;2-7,11H,8-10,21H2,1H3/t2*11-/m00/s1. The predicted octanol–water partition coefficient (Wildman–Crippen LogP) is 9.71. The zero-order chi connectivity index (χ0) is 33.1. The lowest BCUT2D eigenvalue weighted by Gasteiger charge is -2.36. The van der Waals surface area contributed by atoms with Gasteiger partial charge >= 0.3 is 0 Å². The van der Waals surface area contributed by atoms with Crippen molar-refractivity contribution in [3.8, 4) is 0 Å². The molecule has 0 aliphatic carbocycles. The lowest BCUT2D eigenvalue weighted by molar-refractivity contribution is -0.133. The van der Waals surface area contributed by atoms with Gasteiger partial charge in [0.15, 0.2) is 0 Å². The summed E-state index contributed by atoms with van der Waals surface area (Å²) in [5.74, 6) is 0.0821. The average molecular weight is 762 g/mol. The van der Waals surface area contributed by atoms with Gasteiger partial charge in [-0.1, -0.05) is 98.7 Å². The number of carbonyl (C=O) groups is 2. The topological polar surface area (TPSA) is 66.6 Å². The Labute approximate surface area is 298 Å². The molecule has 46 heavy (non-hydrogen) atoms. The van der Waals surface area contributed by atoms with E-state index in [4.69, 9.17) is 52.1 Å². The molecular weight excluding hydrogens is 728 g/mol. The molecule has 10 heteroatoms. The van der Waals surface area contributed by atoms with Crippen LogP contribution in [0.25, 0.3) is 0 Å². The van der Waals surface area contributed by atoms with Crippen LogP contribution in [0, 0.1) is 0 Å². The predicted molar refractivity (Wildman–Crippen MR) is 193 cm³/mol. The van der Waals surface area contributed by atoms with Crippen LogP contribution in [0.2, 0.25) is 20.1 Å². The molecule has 0 saturated heterocycles. The van der Waals surface area contributed by atoms with Crippen LogP contribution < -0.4 is 5.73 Å². The average Bonchev–Trinajstić information content (AvgIpc) is 3.02. The van der Waals surface area contributed by atoms with Gasteiger partial charge in [-0.25, -0.2) is 0 Å². The highest BCUT2D eigenvalue weighted by Crippen LogP contribution is 2.36. The first-order valence-corrected chi connectivity index (χ1v) is 17.4. The molecule has 0 aromatic heterocycles. The molecule has 4 aromatic carbocycles. The molecule has 0 fully saturated rings. The fourth-order valence-electron chi connectivity index (χ4n) is 6.31. The maximum Gasteiger partial charge on any atom is 0.227 e. The molecule has 0 unspecified atom stereocenters. The van der Waals surface area contributed by atoms with Gasteiger partial charge in [-0.3, -0.25) is 9.59 Å². The summed E-state index contributed by atoms with van der Waals surface area (Å²) in [6.45, 7) is 5.46. The summed E-state index contributed by atoms with van der Waals surface area (Å²) in [6, 6.07) is 22.7. The van der Waals surface area contributed by atoms with Crippen molar-refractivity contribution >= 4 is 79.8 Å². The van der Waals surface area contributed by atoms with E-state index < -0.39 is 0 Å². The molecule has 6 rings (SSSR count). The second kappa shape index (κ2) is 15.0. The van der Waals surface area contributed by atoms with Gasteiger partial charge in [-0.15, -0.1) is 0 Å². The minimum Gasteiger partial charge on any atom is -0.398 e. The van der Waals surface area contributed by atoms with Crippen LogP contribution in [-0.2, 0) is 35.3 Å². The summed E-state index contributed by atoms with van der Waals surface area (Å²) >= 11 is 28.3. The quantitative estimate of drug-likeness (QED) is 0.211. The van der Waals surface area contributed by atoms with Gasteiger partial charge in [-0.2, -0.15) is 0 Å². The summed E-state index contributed by atoms with van der Waals surface area (Å²) in [6.07, 6.45) is 2.06. The lowest BCUT2D eigenvalue weighted by atomic mass is 9.92. The molecule has 0 bridgehead atoms. The summed E-state index contributed by atoms with van der Waals surface area (Å²) in [4.78, 5) is 29.3. The molecule has 2 aliphatic heterocycles. The summed E-state index contributed by atoms with van der Waals surface area (Å²) in [5, 5.41) is 2.14. The van der Waals surface area contributed by atoms with Crippen LogP contribution in [-0.4, -0.2) is 34.7 Å². The van der Waals surface area contributed by atoms with Gasteiger partial charge in [0, 0.05) is 43.3 Å². The van der Waals surface area contributed by atoms with Crippen LogP contribution in [0.1, 0.15) is 59.3 Å². The van der Waals surface area contributed by atoms with E-state index in [2.05, 4.69) is 28.9 Å². The number of nitrogens with zero attached hydrogens (tertiary/aromatic N) is 2. The van der Waals surface area contributed by atoms with Crippen LogP contribution in [0.3, 0.4) is 0 Å². The molecule has 2 amide bonds. The second-order valence-corrected chi connectivity index (χ2v) is 14.0. The Morgan fingerprint density at radius 3 is 1.54 bits per heavy atom. The summed E-state index contributed by atoms with van der Waals surface area (Å²) in [7, 11) is 0. The van der Waals surface area contributed by atoms with Crippen molar-refractivity contribution in [2.45, 2.75) is 51.6 Å². The highest BCUT2D eigenvalue weighted by Gasteiger charge is 2.30. The van der Waals surface area contributed by atoms with Crippen LogP contribution in [0.15, 0.2) is 77.3 Å². The first-order valence-electron chi connectivity index (χ1n) is 15.1. The van der Waals surface area contributed by atoms with E-state index >= 15 is 0 Å². The number of carbonyl (C=O) groups excluding carboxylic acids is 2. The third-order valence-electron chi connectivity index (χ3n) is 8.86. The van der Waals surface area contributed by atoms with Crippen molar-refractivity contribution in [3.05, 3.63) is 131 Å². The van der Waals surface area contributed by atoms with Crippen LogP contribution in [0.4, 0.5) is 5.69 Å². The van der Waals surface area contributed by atoms with Gasteiger partial charge in [-0.05, 0) is 96.5 Å². The van der Waals surface area contributed by atoms with Gasteiger partial charge in [0.1, 0.15) is 0 Å². The van der Waals surface area contributed by atoms with E-state index in [0.29, 0.717) is 44.3 Å². The monoisotopic (exact) mass is 759 g/mol. The van der Waals surface area contributed by atoms with Crippen molar-refractivity contribution in [2.75, 3.05) is 18.8 Å². The van der Waals surface area contributed by atoms with Crippen molar-refractivity contribution < 1.29 is 9.59 Å². The molecule has 2 heterocycles. The molecule has 5 nitrogen and oxygen atoms in total. The third-order valence-corrected chi connectivity index (χ3v) is 11.0. The first-order chi connectivity index (χ1) is 22.0. The Morgan fingerprint density at radius 1 is 0.674 bits per heavy atom. The zero-order valence-electron chi connectivity index (χ0n) is 25.5. The lowest BCUT2D eigenvalue weighted by Crippen LogP contribution is -2.40. The number of rotatable bonds is 4. The second-order valence-electron chi connectivity index (χ2n) is 11.5. The Balaban J connectivity index is 0.000000181. The Kier molecular flexibility index (Phi) is 11.3. The molecular formula is C36H34BrCl4N3O2. The van der Waals surface area contributed by atoms with Gasteiger partial charge < -0.3 is 15.5 Å².